The topological polar surface area (TPSA) is 32.5 Å². The quantitative estimate of drug-likeness (QED) is 0.756. The molecule has 0 bridgehead atoms. The van der Waals surface area contributed by atoms with Crippen molar-refractivity contribution in [3.8, 4) is 0 Å². The van der Waals surface area contributed by atoms with Gasteiger partial charge in [-0.2, -0.15) is 0 Å². The Morgan fingerprint density at radius 3 is 2.60 bits per heavy atom. The van der Waals surface area contributed by atoms with Gasteiger partial charge in [-0.25, -0.2) is 0 Å². The molecule has 1 aliphatic rings. The predicted octanol–water partition coefficient (Wildman–Crippen LogP) is 0.997. The van der Waals surface area contributed by atoms with Gasteiger partial charge in [0.15, 0.2) is 0 Å². The minimum absolute atomic E-state index is 0.346. The van der Waals surface area contributed by atoms with Crippen molar-refractivity contribution >= 4 is 0 Å². The van der Waals surface area contributed by atoms with Crippen molar-refractivity contribution in [1.82, 2.24) is 9.80 Å². The average molecular weight is 213 g/mol. The molecule has 2 atom stereocenters. The van der Waals surface area contributed by atoms with Crippen molar-refractivity contribution in [2.75, 3.05) is 39.8 Å². The summed E-state index contributed by atoms with van der Waals surface area (Å²) < 4.78 is 0. The lowest BCUT2D eigenvalue weighted by Gasteiger charge is -2.27. The minimum Gasteiger partial charge on any atom is -0.326 e. The van der Waals surface area contributed by atoms with Crippen LogP contribution in [0.15, 0.2) is 0 Å². The normalized spacial score (nSPS) is 24.8. The molecule has 0 spiro atoms. The molecular formula is C12H27N3. The highest BCUT2D eigenvalue weighted by Crippen LogP contribution is 2.08. The van der Waals surface area contributed by atoms with E-state index in [1.54, 1.807) is 0 Å². The molecule has 3 heteroatoms. The van der Waals surface area contributed by atoms with E-state index in [-0.39, 0.29) is 0 Å². The average Bonchev–Trinajstić information content (AvgIpc) is 2.42. The number of nitrogens with zero attached hydrogens (tertiary/aromatic N) is 2. The Bertz CT molecular complexity index is 172. The summed E-state index contributed by atoms with van der Waals surface area (Å²) in [6.07, 6.45) is 2.47. The summed E-state index contributed by atoms with van der Waals surface area (Å²) in [5.74, 6) is 0.644. The predicted molar refractivity (Wildman–Crippen MR) is 66.0 cm³/mol. The van der Waals surface area contributed by atoms with Gasteiger partial charge in [0.1, 0.15) is 0 Å². The first-order valence-electron chi connectivity index (χ1n) is 6.30. The standard InChI is InChI=1S/C12H27N3/c1-4-11(2)12(13)10-15-7-5-6-14(3)8-9-15/h11-12H,4-10,13H2,1-3H3/t11-,12+/m1/s1. The van der Waals surface area contributed by atoms with Gasteiger partial charge in [-0.15, -0.1) is 0 Å². The molecule has 1 rings (SSSR count). The van der Waals surface area contributed by atoms with E-state index in [9.17, 15) is 0 Å². The molecule has 1 fully saturated rings. The SMILES string of the molecule is CC[C@@H](C)[C@@H](N)CN1CCCN(C)CC1. The maximum Gasteiger partial charge on any atom is 0.0193 e. The Labute approximate surface area is 94.6 Å². The van der Waals surface area contributed by atoms with Gasteiger partial charge in [-0.05, 0) is 32.5 Å². The maximum atomic E-state index is 6.19. The van der Waals surface area contributed by atoms with E-state index in [1.807, 2.05) is 0 Å². The summed E-state index contributed by atoms with van der Waals surface area (Å²) >= 11 is 0. The zero-order valence-corrected chi connectivity index (χ0v) is 10.6. The van der Waals surface area contributed by atoms with Crippen LogP contribution in [0.3, 0.4) is 0 Å². The van der Waals surface area contributed by atoms with Gasteiger partial charge in [0.2, 0.25) is 0 Å². The van der Waals surface area contributed by atoms with Crippen molar-refractivity contribution in [3.63, 3.8) is 0 Å². The molecule has 0 aromatic heterocycles. The van der Waals surface area contributed by atoms with E-state index in [2.05, 4.69) is 30.7 Å². The summed E-state index contributed by atoms with van der Waals surface area (Å²) in [5, 5.41) is 0. The smallest absolute Gasteiger partial charge is 0.0193 e. The van der Waals surface area contributed by atoms with Gasteiger partial charge in [0.05, 0.1) is 0 Å². The van der Waals surface area contributed by atoms with Gasteiger partial charge in [0.25, 0.3) is 0 Å². The lowest BCUT2D eigenvalue weighted by atomic mass is 9.99. The van der Waals surface area contributed by atoms with E-state index >= 15 is 0 Å². The van der Waals surface area contributed by atoms with E-state index < -0.39 is 0 Å². The molecule has 90 valence electrons. The van der Waals surface area contributed by atoms with Crippen LogP contribution in [0.2, 0.25) is 0 Å². The third-order valence-electron chi connectivity index (χ3n) is 3.66. The summed E-state index contributed by atoms with van der Waals surface area (Å²) in [5.41, 5.74) is 6.19. The summed E-state index contributed by atoms with van der Waals surface area (Å²) in [6, 6.07) is 0.346. The summed E-state index contributed by atoms with van der Waals surface area (Å²) in [4.78, 5) is 4.94. The first-order valence-corrected chi connectivity index (χ1v) is 6.30. The lowest BCUT2D eigenvalue weighted by Crippen LogP contribution is -2.42. The minimum atomic E-state index is 0.346. The second-order valence-corrected chi connectivity index (χ2v) is 5.01. The highest BCUT2D eigenvalue weighted by atomic mass is 15.2. The Morgan fingerprint density at radius 1 is 1.20 bits per heavy atom. The van der Waals surface area contributed by atoms with Crippen LogP contribution in [0.4, 0.5) is 0 Å². The molecule has 3 nitrogen and oxygen atoms in total. The van der Waals surface area contributed by atoms with Gasteiger partial charge < -0.3 is 15.5 Å². The second kappa shape index (κ2) is 6.46. The van der Waals surface area contributed by atoms with Crippen LogP contribution in [0.5, 0.6) is 0 Å². The largest absolute Gasteiger partial charge is 0.326 e. The Hall–Kier alpha value is -0.120. The third-order valence-corrected chi connectivity index (χ3v) is 3.66. The molecule has 1 heterocycles. The first kappa shape index (κ1) is 12.9. The van der Waals surface area contributed by atoms with Crippen LogP contribution in [0.25, 0.3) is 0 Å². The van der Waals surface area contributed by atoms with Crippen molar-refractivity contribution in [2.24, 2.45) is 11.7 Å². The first-order chi connectivity index (χ1) is 7.13. The van der Waals surface area contributed by atoms with Crippen LogP contribution in [-0.2, 0) is 0 Å². The van der Waals surface area contributed by atoms with Gasteiger partial charge in [-0.3, -0.25) is 0 Å². The number of rotatable bonds is 4. The number of hydrogen-bond acceptors (Lipinski definition) is 3. The van der Waals surface area contributed by atoms with Gasteiger partial charge in [-0.1, -0.05) is 20.3 Å². The van der Waals surface area contributed by atoms with Crippen molar-refractivity contribution in [1.29, 1.82) is 0 Å². The van der Waals surface area contributed by atoms with E-state index in [0.29, 0.717) is 12.0 Å². The van der Waals surface area contributed by atoms with Crippen LogP contribution >= 0.6 is 0 Å². The number of likely N-dealkylation sites (N-methyl/N-ethyl adjacent to an activating group) is 1. The van der Waals surface area contributed by atoms with Crippen molar-refractivity contribution in [3.05, 3.63) is 0 Å². The Balaban J connectivity index is 2.30. The monoisotopic (exact) mass is 213 g/mol. The van der Waals surface area contributed by atoms with Crippen LogP contribution in [-0.4, -0.2) is 55.6 Å². The van der Waals surface area contributed by atoms with Crippen molar-refractivity contribution < 1.29 is 0 Å². The molecule has 0 amide bonds. The lowest BCUT2D eigenvalue weighted by molar-refractivity contribution is 0.236. The third kappa shape index (κ3) is 4.49. The van der Waals surface area contributed by atoms with E-state index in [0.717, 1.165) is 6.54 Å². The van der Waals surface area contributed by atoms with Crippen LogP contribution < -0.4 is 5.73 Å². The fraction of sp³-hybridized carbons (Fsp3) is 1.00. The molecule has 1 aliphatic heterocycles. The molecule has 0 aromatic rings. The molecule has 0 radical (unpaired) electrons. The second-order valence-electron chi connectivity index (χ2n) is 5.01. The van der Waals surface area contributed by atoms with E-state index in [4.69, 9.17) is 5.73 Å². The number of nitrogens with two attached hydrogens (primary N) is 1. The molecule has 0 saturated carbocycles. The molecule has 1 saturated heterocycles. The van der Waals surface area contributed by atoms with Gasteiger partial charge in [0, 0.05) is 25.7 Å². The molecule has 15 heavy (non-hydrogen) atoms. The molecular weight excluding hydrogens is 186 g/mol. The van der Waals surface area contributed by atoms with Crippen LogP contribution in [0.1, 0.15) is 26.7 Å². The fourth-order valence-corrected chi connectivity index (χ4v) is 2.06. The zero-order valence-electron chi connectivity index (χ0n) is 10.6. The molecule has 0 aliphatic carbocycles. The van der Waals surface area contributed by atoms with Gasteiger partial charge >= 0.3 is 0 Å². The zero-order chi connectivity index (χ0) is 11.3. The molecule has 0 aromatic carbocycles. The van der Waals surface area contributed by atoms with Crippen molar-refractivity contribution in [2.45, 2.75) is 32.7 Å². The Morgan fingerprint density at radius 2 is 1.93 bits per heavy atom. The highest BCUT2D eigenvalue weighted by Gasteiger charge is 2.17. The maximum absolute atomic E-state index is 6.19. The van der Waals surface area contributed by atoms with Crippen LogP contribution in [0, 0.1) is 5.92 Å². The summed E-state index contributed by atoms with van der Waals surface area (Å²) in [7, 11) is 2.21. The fourth-order valence-electron chi connectivity index (χ4n) is 2.06. The Kier molecular flexibility index (Phi) is 5.58. The molecule has 2 N–H and O–H groups in total. The highest BCUT2D eigenvalue weighted by molar-refractivity contribution is 4.75. The molecule has 0 unspecified atom stereocenters. The number of hydrogen-bond donors (Lipinski definition) is 1. The summed E-state index contributed by atoms with van der Waals surface area (Å²) in [6.45, 7) is 10.4. The van der Waals surface area contributed by atoms with E-state index in [1.165, 1.54) is 39.0 Å².